The molecular weight excluding hydrogens is 572 g/mol. The summed E-state index contributed by atoms with van der Waals surface area (Å²) < 4.78 is 6.11. The standard InChI is InChI=1S/C45H74O2/c1-8-10-11-12-13-14-15-16-17-18-19-20-21-22-43(46)47-38-29-31-44(6)37(33-38)25-26-39-41-28-27-40(45(41,7)32-30-42(39)44)35(5)23-24-36(9-2)34(3)4/h10-11,13-14,16-17,25,34-36,38-42H,8-9,12,15,18-24,26-33H2,1-7H3/b11-10-,14-13-,17-16-/t35-,36-,38+,39+,40-,41+,42+,44+,45-/m1/s1. The van der Waals surface area contributed by atoms with Crippen LogP contribution in [0.4, 0.5) is 0 Å². The van der Waals surface area contributed by atoms with Crippen molar-refractivity contribution in [2.24, 2.45) is 52.3 Å². The highest BCUT2D eigenvalue weighted by Gasteiger charge is 2.59. The molecule has 0 saturated heterocycles. The molecule has 0 aromatic rings. The van der Waals surface area contributed by atoms with E-state index in [4.69, 9.17) is 4.74 Å². The van der Waals surface area contributed by atoms with E-state index in [1.54, 1.807) is 5.57 Å². The molecule has 2 heteroatoms. The van der Waals surface area contributed by atoms with Gasteiger partial charge in [-0.05, 0) is 142 Å². The van der Waals surface area contributed by atoms with E-state index in [0.717, 1.165) is 99.2 Å². The molecule has 0 aliphatic heterocycles. The Labute approximate surface area is 291 Å². The normalized spacial score (nSPS) is 33.6. The summed E-state index contributed by atoms with van der Waals surface area (Å²) in [6.07, 6.45) is 38.7. The van der Waals surface area contributed by atoms with Gasteiger partial charge < -0.3 is 4.74 Å². The molecule has 47 heavy (non-hydrogen) atoms. The van der Waals surface area contributed by atoms with Gasteiger partial charge >= 0.3 is 5.97 Å². The van der Waals surface area contributed by atoms with Gasteiger partial charge in [0.2, 0.25) is 0 Å². The van der Waals surface area contributed by atoms with Gasteiger partial charge in [0.05, 0.1) is 0 Å². The molecule has 4 aliphatic rings. The van der Waals surface area contributed by atoms with E-state index in [1.807, 2.05) is 0 Å². The average molecular weight is 647 g/mol. The summed E-state index contributed by atoms with van der Waals surface area (Å²) in [5, 5.41) is 0. The zero-order chi connectivity index (χ0) is 33.9. The second-order valence-electron chi connectivity index (χ2n) is 17.2. The van der Waals surface area contributed by atoms with Crippen LogP contribution in [0.1, 0.15) is 170 Å². The second kappa shape index (κ2) is 18.4. The number of carbonyl (C=O) groups excluding carboxylic acids is 1. The molecule has 0 bridgehead atoms. The van der Waals surface area contributed by atoms with Crippen molar-refractivity contribution in [2.75, 3.05) is 0 Å². The lowest BCUT2D eigenvalue weighted by atomic mass is 9.47. The van der Waals surface area contributed by atoms with Gasteiger partial charge in [-0.15, -0.1) is 0 Å². The van der Waals surface area contributed by atoms with Crippen LogP contribution in [-0.2, 0) is 9.53 Å². The molecule has 0 N–H and O–H groups in total. The molecule has 0 aromatic carbocycles. The monoisotopic (exact) mass is 647 g/mol. The molecule has 4 rings (SSSR count). The first-order valence-electron chi connectivity index (χ1n) is 20.5. The van der Waals surface area contributed by atoms with Crippen molar-refractivity contribution in [1.82, 2.24) is 0 Å². The smallest absolute Gasteiger partial charge is 0.306 e. The topological polar surface area (TPSA) is 26.3 Å². The van der Waals surface area contributed by atoms with E-state index in [9.17, 15) is 4.79 Å². The molecule has 0 spiro atoms. The van der Waals surface area contributed by atoms with Crippen molar-refractivity contribution in [3.8, 4) is 0 Å². The highest BCUT2D eigenvalue weighted by Crippen LogP contribution is 2.67. The molecule has 3 fully saturated rings. The number of hydrogen-bond acceptors (Lipinski definition) is 2. The summed E-state index contributed by atoms with van der Waals surface area (Å²) in [5.41, 5.74) is 2.48. The Morgan fingerprint density at radius 2 is 1.62 bits per heavy atom. The minimum atomic E-state index is 0.0314. The largest absolute Gasteiger partial charge is 0.462 e. The quantitative estimate of drug-likeness (QED) is 0.0841. The van der Waals surface area contributed by atoms with Gasteiger partial charge in [0.1, 0.15) is 6.10 Å². The number of esters is 1. The summed E-state index contributed by atoms with van der Waals surface area (Å²) in [7, 11) is 0. The summed E-state index contributed by atoms with van der Waals surface area (Å²) in [4.78, 5) is 12.8. The minimum Gasteiger partial charge on any atom is -0.462 e. The van der Waals surface area contributed by atoms with Crippen LogP contribution >= 0.6 is 0 Å². The van der Waals surface area contributed by atoms with Crippen LogP contribution in [0.25, 0.3) is 0 Å². The van der Waals surface area contributed by atoms with Crippen molar-refractivity contribution in [3.05, 3.63) is 48.1 Å². The van der Waals surface area contributed by atoms with Gasteiger partial charge in [0.25, 0.3) is 0 Å². The summed E-state index contributed by atoms with van der Waals surface area (Å²) >= 11 is 0. The first kappa shape index (κ1) is 38.2. The van der Waals surface area contributed by atoms with Crippen molar-refractivity contribution in [3.63, 3.8) is 0 Å². The fourth-order valence-corrected chi connectivity index (χ4v) is 11.2. The molecule has 3 saturated carbocycles. The summed E-state index contributed by atoms with van der Waals surface area (Å²) in [6.45, 7) is 17.3. The van der Waals surface area contributed by atoms with Crippen LogP contribution in [0.2, 0.25) is 0 Å². The average Bonchev–Trinajstić information content (AvgIpc) is 3.41. The van der Waals surface area contributed by atoms with Crippen molar-refractivity contribution < 1.29 is 9.53 Å². The van der Waals surface area contributed by atoms with E-state index in [-0.39, 0.29) is 12.1 Å². The molecule has 9 atom stereocenters. The van der Waals surface area contributed by atoms with E-state index < -0.39 is 0 Å². The maximum Gasteiger partial charge on any atom is 0.306 e. The Hall–Kier alpha value is -1.57. The second-order valence-corrected chi connectivity index (χ2v) is 17.2. The lowest BCUT2D eigenvalue weighted by molar-refractivity contribution is -0.151. The number of ether oxygens (including phenoxy) is 1. The van der Waals surface area contributed by atoms with Crippen molar-refractivity contribution in [2.45, 2.75) is 177 Å². The van der Waals surface area contributed by atoms with Crippen LogP contribution in [0, 0.1) is 52.3 Å². The van der Waals surface area contributed by atoms with Crippen LogP contribution in [0.5, 0.6) is 0 Å². The fraction of sp³-hybridized carbons (Fsp3) is 0.800. The van der Waals surface area contributed by atoms with E-state index in [0.29, 0.717) is 17.3 Å². The third-order valence-corrected chi connectivity index (χ3v) is 14.1. The predicted molar refractivity (Wildman–Crippen MR) is 202 cm³/mol. The number of carbonyl (C=O) groups is 1. The molecule has 0 heterocycles. The van der Waals surface area contributed by atoms with Gasteiger partial charge in [-0.1, -0.05) is 116 Å². The van der Waals surface area contributed by atoms with Crippen LogP contribution in [0.15, 0.2) is 48.1 Å². The Kier molecular flexibility index (Phi) is 15.0. The minimum absolute atomic E-state index is 0.0314. The Morgan fingerprint density at radius 1 is 0.872 bits per heavy atom. The number of unbranched alkanes of at least 4 members (excludes halogenated alkanes) is 3. The zero-order valence-corrected chi connectivity index (χ0v) is 31.9. The van der Waals surface area contributed by atoms with Gasteiger partial charge in [0, 0.05) is 12.8 Å². The lowest BCUT2D eigenvalue weighted by Gasteiger charge is -2.58. The number of rotatable bonds is 18. The third kappa shape index (κ3) is 9.78. The molecular formula is C45H74O2. The molecule has 0 aromatic heterocycles. The third-order valence-electron chi connectivity index (χ3n) is 14.1. The highest BCUT2D eigenvalue weighted by molar-refractivity contribution is 5.69. The molecule has 266 valence electrons. The Balaban J connectivity index is 1.19. The zero-order valence-electron chi connectivity index (χ0n) is 31.9. The number of hydrogen-bond donors (Lipinski definition) is 0. The van der Waals surface area contributed by atoms with Crippen LogP contribution < -0.4 is 0 Å². The maximum atomic E-state index is 12.8. The SMILES string of the molecule is CC/C=C\C/C=C\C/C=C\CCCCCC(=O)O[C@H]1CC[C@@]2(C)C(=CC[C@H]3[C@@H]4CC[C@H]([C@H](C)CC[C@@H](CC)C(C)C)[C@@]4(C)CC[C@@H]32)C1. The first-order valence-corrected chi connectivity index (χ1v) is 20.5. The Morgan fingerprint density at radius 3 is 2.34 bits per heavy atom. The van der Waals surface area contributed by atoms with Gasteiger partial charge in [-0.3, -0.25) is 4.79 Å². The molecule has 0 radical (unpaired) electrons. The van der Waals surface area contributed by atoms with Gasteiger partial charge in [0.15, 0.2) is 0 Å². The molecule has 0 amide bonds. The van der Waals surface area contributed by atoms with Crippen molar-refractivity contribution >= 4 is 5.97 Å². The summed E-state index contributed by atoms with van der Waals surface area (Å²) in [5.74, 6) is 6.09. The van der Waals surface area contributed by atoms with E-state index in [2.05, 4.69) is 91.0 Å². The summed E-state index contributed by atoms with van der Waals surface area (Å²) in [6, 6.07) is 0. The number of fused-ring (bicyclic) bond motifs is 5. The molecule has 4 aliphatic carbocycles. The van der Waals surface area contributed by atoms with Gasteiger partial charge in [-0.25, -0.2) is 0 Å². The molecule has 2 nitrogen and oxygen atoms in total. The Bertz CT molecular complexity index is 1080. The highest BCUT2D eigenvalue weighted by atomic mass is 16.5. The lowest BCUT2D eigenvalue weighted by Crippen LogP contribution is -2.51. The van der Waals surface area contributed by atoms with E-state index >= 15 is 0 Å². The maximum absolute atomic E-state index is 12.8. The van der Waals surface area contributed by atoms with Crippen molar-refractivity contribution in [1.29, 1.82) is 0 Å². The van der Waals surface area contributed by atoms with Crippen LogP contribution in [-0.4, -0.2) is 12.1 Å². The van der Waals surface area contributed by atoms with Gasteiger partial charge in [-0.2, -0.15) is 0 Å². The number of allylic oxidation sites excluding steroid dienone is 7. The molecule has 0 unspecified atom stereocenters. The van der Waals surface area contributed by atoms with E-state index in [1.165, 1.54) is 57.8 Å². The van der Waals surface area contributed by atoms with Crippen LogP contribution in [0.3, 0.4) is 0 Å². The first-order chi connectivity index (χ1) is 22.6. The fourth-order valence-electron chi connectivity index (χ4n) is 11.2. The predicted octanol–water partition coefficient (Wildman–Crippen LogP) is 13.4.